The van der Waals surface area contributed by atoms with E-state index in [0.29, 0.717) is 6.54 Å². The van der Waals surface area contributed by atoms with Crippen molar-refractivity contribution in [1.29, 1.82) is 0 Å². The van der Waals surface area contributed by atoms with E-state index in [0.717, 1.165) is 60.9 Å². The van der Waals surface area contributed by atoms with Crippen LogP contribution in [0.2, 0.25) is 0 Å². The molecule has 28 heavy (non-hydrogen) atoms. The molecule has 4 rings (SSSR count). The topological polar surface area (TPSA) is 74.0 Å². The monoisotopic (exact) mass is 398 g/mol. The van der Waals surface area contributed by atoms with Crippen LogP contribution in [-0.4, -0.2) is 62.8 Å². The van der Waals surface area contributed by atoms with Crippen LogP contribution in [0, 0.1) is 6.92 Å². The van der Waals surface area contributed by atoms with E-state index in [1.165, 1.54) is 17.1 Å². The van der Waals surface area contributed by atoms with Crippen LogP contribution in [0.4, 0.5) is 5.13 Å². The van der Waals surface area contributed by atoms with Crippen LogP contribution in [-0.2, 0) is 13.0 Å². The molecular formula is C19H26N8S. The highest BCUT2D eigenvalue weighted by molar-refractivity contribution is 7.09. The van der Waals surface area contributed by atoms with Gasteiger partial charge in [0.2, 0.25) is 5.13 Å². The Morgan fingerprint density at radius 2 is 2.07 bits per heavy atom. The first-order valence-corrected chi connectivity index (χ1v) is 10.4. The van der Waals surface area contributed by atoms with Gasteiger partial charge in [0.15, 0.2) is 5.96 Å². The molecule has 0 aliphatic carbocycles. The lowest BCUT2D eigenvalue weighted by Gasteiger charge is -2.36. The van der Waals surface area contributed by atoms with Gasteiger partial charge >= 0.3 is 0 Å². The Kier molecular flexibility index (Phi) is 5.43. The number of nitrogens with zero attached hydrogens (tertiary/aromatic N) is 7. The summed E-state index contributed by atoms with van der Waals surface area (Å²) < 4.78 is 6.45. The van der Waals surface area contributed by atoms with Gasteiger partial charge in [0, 0.05) is 63.6 Å². The molecule has 3 aromatic rings. The normalized spacial score (nSPS) is 15.5. The molecule has 4 heterocycles. The van der Waals surface area contributed by atoms with E-state index in [2.05, 4.69) is 66.0 Å². The Morgan fingerprint density at radius 1 is 1.25 bits per heavy atom. The molecule has 0 atom stereocenters. The number of aliphatic imine (C=N–C) groups is 1. The zero-order chi connectivity index (χ0) is 19.5. The second-order valence-electron chi connectivity index (χ2n) is 6.92. The average molecular weight is 399 g/mol. The lowest BCUT2D eigenvalue weighted by molar-refractivity contribution is 0.372. The maximum absolute atomic E-state index is 4.69. The Hall–Kier alpha value is -2.68. The molecule has 1 aliphatic heterocycles. The minimum atomic E-state index is 0.657. The molecule has 9 heteroatoms. The van der Waals surface area contributed by atoms with E-state index in [1.807, 2.05) is 13.2 Å². The highest BCUT2D eigenvalue weighted by Gasteiger charge is 2.22. The molecule has 0 saturated carbocycles. The van der Waals surface area contributed by atoms with E-state index in [4.69, 9.17) is 4.98 Å². The summed E-state index contributed by atoms with van der Waals surface area (Å²) in [5.41, 5.74) is 3.20. The fourth-order valence-corrected chi connectivity index (χ4v) is 4.15. The Balaban J connectivity index is 1.34. The van der Waals surface area contributed by atoms with E-state index in [1.54, 1.807) is 0 Å². The van der Waals surface area contributed by atoms with Gasteiger partial charge in [-0.1, -0.05) is 6.92 Å². The predicted molar refractivity (Wildman–Crippen MR) is 113 cm³/mol. The summed E-state index contributed by atoms with van der Waals surface area (Å²) in [4.78, 5) is 18.4. The van der Waals surface area contributed by atoms with Crippen molar-refractivity contribution in [3.8, 4) is 0 Å². The number of imidazole rings is 1. The van der Waals surface area contributed by atoms with E-state index >= 15 is 0 Å². The van der Waals surface area contributed by atoms with Gasteiger partial charge in [-0.15, -0.1) is 0 Å². The summed E-state index contributed by atoms with van der Waals surface area (Å²) in [5.74, 6) is 1.85. The fourth-order valence-electron chi connectivity index (χ4n) is 3.35. The molecule has 1 aliphatic rings. The van der Waals surface area contributed by atoms with E-state index in [9.17, 15) is 0 Å². The number of fused-ring (bicyclic) bond motifs is 1. The summed E-state index contributed by atoms with van der Waals surface area (Å²) >= 11 is 1.50. The number of rotatable bonds is 4. The number of nitrogens with one attached hydrogen (secondary N) is 1. The van der Waals surface area contributed by atoms with Gasteiger partial charge in [0.25, 0.3) is 0 Å². The Bertz CT molecular complexity index is 967. The van der Waals surface area contributed by atoms with Crippen LogP contribution in [0.5, 0.6) is 0 Å². The molecule has 8 nitrogen and oxygen atoms in total. The van der Waals surface area contributed by atoms with Crippen molar-refractivity contribution in [3.05, 3.63) is 41.6 Å². The number of aromatic nitrogens is 4. The Morgan fingerprint density at radius 3 is 2.79 bits per heavy atom. The summed E-state index contributed by atoms with van der Waals surface area (Å²) in [6.07, 6.45) is 5.00. The summed E-state index contributed by atoms with van der Waals surface area (Å²) in [5, 5.41) is 4.48. The molecule has 1 fully saturated rings. The number of piperazine rings is 1. The third-order valence-corrected chi connectivity index (χ3v) is 5.74. The van der Waals surface area contributed by atoms with Gasteiger partial charge in [-0.25, -0.2) is 9.97 Å². The molecule has 3 aromatic heterocycles. The number of aryl methyl sites for hydroxylation is 2. The van der Waals surface area contributed by atoms with Gasteiger partial charge < -0.3 is 19.5 Å². The molecular weight excluding hydrogens is 372 g/mol. The first-order valence-electron chi connectivity index (χ1n) is 9.63. The van der Waals surface area contributed by atoms with Crippen molar-refractivity contribution in [2.24, 2.45) is 4.99 Å². The molecule has 0 spiro atoms. The smallest absolute Gasteiger partial charge is 0.205 e. The van der Waals surface area contributed by atoms with Crippen LogP contribution >= 0.6 is 11.5 Å². The minimum Gasteiger partial charge on any atom is -0.351 e. The predicted octanol–water partition coefficient (Wildman–Crippen LogP) is 1.95. The van der Waals surface area contributed by atoms with Gasteiger partial charge in [-0.2, -0.15) is 4.37 Å². The first-order chi connectivity index (χ1) is 13.7. The van der Waals surface area contributed by atoms with Crippen molar-refractivity contribution in [1.82, 2.24) is 29.0 Å². The molecule has 0 aromatic carbocycles. The third kappa shape index (κ3) is 3.94. The SMILES string of the molecule is CCc1nsc(N2CCN(C(=NC)NCc3cn4ccc(C)cc4n3)CC2)n1. The standard InChI is InChI=1S/C19H26N8S/c1-4-16-23-19(28-24-16)26-9-7-25(8-10-26)18(20-3)21-12-15-13-27-6-5-14(2)11-17(27)22-15/h5-6,11,13H,4,7-10,12H2,1-3H3,(H,20,21). The molecule has 0 amide bonds. The van der Waals surface area contributed by atoms with E-state index < -0.39 is 0 Å². The van der Waals surface area contributed by atoms with Crippen molar-refractivity contribution < 1.29 is 0 Å². The lowest BCUT2D eigenvalue weighted by Crippen LogP contribution is -2.52. The zero-order valence-electron chi connectivity index (χ0n) is 16.6. The van der Waals surface area contributed by atoms with E-state index in [-0.39, 0.29) is 0 Å². The largest absolute Gasteiger partial charge is 0.351 e. The number of hydrogen-bond acceptors (Lipinski definition) is 6. The number of pyridine rings is 1. The average Bonchev–Trinajstić information content (AvgIpc) is 3.35. The van der Waals surface area contributed by atoms with Crippen LogP contribution in [0.15, 0.2) is 29.5 Å². The quantitative estimate of drug-likeness (QED) is 0.535. The molecule has 1 saturated heterocycles. The van der Waals surface area contributed by atoms with Crippen LogP contribution in [0.3, 0.4) is 0 Å². The zero-order valence-corrected chi connectivity index (χ0v) is 17.4. The number of guanidine groups is 1. The highest BCUT2D eigenvalue weighted by Crippen LogP contribution is 2.19. The van der Waals surface area contributed by atoms with Crippen LogP contribution < -0.4 is 10.2 Å². The van der Waals surface area contributed by atoms with Crippen LogP contribution in [0.25, 0.3) is 5.65 Å². The molecule has 0 bridgehead atoms. The van der Waals surface area contributed by atoms with Crippen molar-refractivity contribution in [2.45, 2.75) is 26.8 Å². The maximum Gasteiger partial charge on any atom is 0.205 e. The Labute approximate surface area is 169 Å². The summed E-state index contributed by atoms with van der Waals surface area (Å²) in [6, 6.07) is 4.18. The third-order valence-electron chi connectivity index (χ3n) is 4.93. The first kappa shape index (κ1) is 18.7. The minimum absolute atomic E-state index is 0.657. The van der Waals surface area contributed by atoms with Gasteiger partial charge in [0.1, 0.15) is 11.5 Å². The van der Waals surface area contributed by atoms with Crippen molar-refractivity contribution in [2.75, 3.05) is 38.1 Å². The molecule has 148 valence electrons. The number of hydrogen-bond donors (Lipinski definition) is 1. The van der Waals surface area contributed by atoms with Crippen LogP contribution in [0.1, 0.15) is 24.0 Å². The van der Waals surface area contributed by atoms with Gasteiger partial charge in [-0.05, 0) is 24.6 Å². The lowest BCUT2D eigenvalue weighted by atomic mass is 10.3. The highest BCUT2D eigenvalue weighted by atomic mass is 32.1. The summed E-state index contributed by atoms with van der Waals surface area (Å²) in [6.45, 7) is 8.49. The second-order valence-corrected chi connectivity index (χ2v) is 7.65. The number of anilines is 1. The van der Waals surface area contributed by atoms with Gasteiger partial charge in [-0.3, -0.25) is 4.99 Å². The van der Waals surface area contributed by atoms with Crippen molar-refractivity contribution >= 4 is 28.3 Å². The molecule has 1 N–H and O–H groups in total. The van der Waals surface area contributed by atoms with Crippen molar-refractivity contribution in [3.63, 3.8) is 0 Å². The molecule has 0 radical (unpaired) electrons. The second kappa shape index (κ2) is 8.14. The maximum atomic E-state index is 4.69. The molecule has 0 unspecified atom stereocenters. The summed E-state index contributed by atoms with van der Waals surface area (Å²) in [7, 11) is 1.83. The van der Waals surface area contributed by atoms with Gasteiger partial charge in [0.05, 0.1) is 12.2 Å². The fraction of sp³-hybridized carbons (Fsp3) is 0.474.